The Labute approximate surface area is 253 Å². The lowest BCUT2D eigenvalue weighted by Gasteiger charge is -2.12. The van der Waals surface area contributed by atoms with Crippen molar-refractivity contribution in [3.05, 3.63) is 95.9 Å². The molecule has 0 spiro atoms. The molecule has 0 amide bonds. The average Bonchev–Trinajstić information content (AvgIpc) is 3.52. The summed E-state index contributed by atoms with van der Waals surface area (Å²) < 4.78 is 2.17. The molecule has 0 radical (unpaired) electrons. The van der Waals surface area contributed by atoms with Crippen molar-refractivity contribution in [2.24, 2.45) is 4.99 Å². The molecule has 0 atom stereocenters. The van der Waals surface area contributed by atoms with E-state index in [9.17, 15) is 0 Å². The minimum atomic E-state index is 0.699. The second-order valence-electron chi connectivity index (χ2n) is 7.43. The van der Waals surface area contributed by atoms with Gasteiger partial charge >= 0.3 is 0 Å². The third-order valence-electron chi connectivity index (χ3n) is 5.53. The van der Waals surface area contributed by atoms with E-state index in [4.69, 9.17) is 11.5 Å². The smallest absolute Gasteiger partial charge is 0.0894 e. The molecule has 5 heteroatoms. The predicted octanol–water partition coefficient (Wildman–Crippen LogP) is 11.5. The highest BCUT2D eigenvalue weighted by atomic mass is 32.1. The fourth-order valence-electron chi connectivity index (χ4n) is 4.03. The normalized spacial score (nSPS) is 10.1. The first-order valence-electron chi connectivity index (χ1n) is 14.5. The first-order chi connectivity index (χ1) is 20.0. The maximum absolute atomic E-state index is 6.73. The molecule has 4 nitrogen and oxygen atoms in total. The second kappa shape index (κ2) is 19.9. The Balaban J connectivity index is 0.00000184. The first-order valence-corrected chi connectivity index (χ1v) is 15.3. The van der Waals surface area contributed by atoms with Gasteiger partial charge in [0.1, 0.15) is 0 Å². The van der Waals surface area contributed by atoms with Crippen LogP contribution in [0, 0.1) is 0 Å². The number of fused-ring (bicyclic) bond motifs is 1. The molecule has 0 bridgehead atoms. The van der Waals surface area contributed by atoms with Gasteiger partial charge in [-0.1, -0.05) is 123 Å². The van der Waals surface area contributed by atoms with Crippen molar-refractivity contribution < 1.29 is 0 Å². The summed E-state index contributed by atoms with van der Waals surface area (Å²) in [5.41, 5.74) is 20.4. The highest BCUT2D eigenvalue weighted by Crippen LogP contribution is 2.47. The van der Waals surface area contributed by atoms with E-state index in [0.29, 0.717) is 11.4 Å². The summed E-state index contributed by atoms with van der Waals surface area (Å²) in [6.07, 6.45) is 9.38. The molecule has 41 heavy (non-hydrogen) atoms. The van der Waals surface area contributed by atoms with Crippen LogP contribution in [0.3, 0.4) is 0 Å². The lowest BCUT2D eigenvalue weighted by Crippen LogP contribution is -1.99. The summed E-state index contributed by atoms with van der Waals surface area (Å²) in [6, 6.07) is 16.3. The highest BCUT2D eigenvalue weighted by Gasteiger charge is 2.23. The zero-order valence-electron chi connectivity index (χ0n) is 26.6. The molecule has 2 heterocycles. The van der Waals surface area contributed by atoms with E-state index in [1.807, 2.05) is 117 Å². The largest absolute Gasteiger partial charge is 0.397 e. The highest BCUT2D eigenvalue weighted by molar-refractivity contribution is 7.17. The molecule has 220 valence electrons. The number of para-hydroxylation sites is 1. The van der Waals surface area contributed by atoms with E-state index in [1.54, 1.807) is 17.4 Å². The number of hydrogen-bond acceptors (Lipinski definition) is 4. The molecule has 0 aliphatic carbocycles. The van der Waals surface area contributed by atoms with Crippen LogP contribution < -0.4 is 11.5 Å². The van der Waals surface area contributed by atoms with Gasteiger partial charge in [-0.2, -0.15) is 0 Å². The van der Waals surface area contributed by atoms with E-state index in [-0.39, 0.29) is 0 Å². The van der Waals surface area contributed by atoms with Gasteiger partial charge in [0.05, 0.1) is 33.2 Å². The van der Waals surface area contributed by atoms with Gasteiger partial charge in [0.25, 0.3) is 0 Å². The first kappa shape index (κ1) is 36.9. The van der Waals surface area contributed by atoms with Gasteiger partial charge in [-0.25, -0.2) is 0 Å². The van der Waals surface area contributed by atoms with Gasteiger partial charge in [-0.15, -0.1) is 11.3 Å². The Bertz CT molecular complexity index is 1430. The summed E-state index contributed by atoms with van der Waals surface area (Å²) >= 11 is 1.60. The lowest BCUT2D eigenvalue weighted by atomic mass is 10.1. The van der Waals surface area contributed by atoms with E-state index < -0.39 is 0 Å². The fourth-order valence-corrected chi connectivity index (χ4v) is 5.14. The molecule has 0 saturated carbocycles. The standard InChI is InChI=1S/C28H26N4S.4C2H6/c1-5-10-21-24(7-3)33-28(26(21)30)27-25(29)20-12-8-9-13-23(20)32(27)19-16-14-18(15-17-19)22(31-4)11-6-2;4*1-2/h5-17H,2-4,29-30H2,1H3;4*1-2H3/b10-5-,22-11-;;;;. The number of aliphatic imine (C=N–C) groups is 1. The van der Waals surface area contributed by atoms with Crippen LogP contribution >= 0.6 is 11.3 Å². The lowest BCUT2D eigenvalue weighted by molar-refractivity contribution is 1.14. The topological polar surface area (TPSA) is 69.3 Å². The molecule has 0 saturated heterocycles. The van der Waals surface area contributed by atoms with Gasteiger partial charge in [0.2, 0.25) is 0 Å². The van der Waals surface area contributed by atoms with Crippen LogP contribution in [0.2, 0.25) is 0 Å². The minimum Gasteiger partial charge on any atom is -0.397 e. The van der Waals surface area contributed by atoms with Gasteiger partial charge in [-0.3, -0.25) is 4.99 Å². The Morgan fingerprint density at radius 3 is 1.95 bits per heavy atom. The monoisotopic (exact) mass is 570 g/mol. The van der Waals surface area contributed by atoms with Crippen LogP contribution in [0.25, 0.3) is 45.0 Å². The van der Waals surface area contributed by atoms with Crippen molar-refractivity contribution in [1.29, 1.82) is 0 Å². The number of nitrogens with two attached hydrogens (primary N) is 2. The number of rotatable bonds is 7. The molecule has 4 N–H and O–H groups in total. The molecular formula is C36H50N4S. The molecule has 2 aromatic carbocycles. The number of hydrogen-bond donors (Lipinski definition) is 2. The van der Waals surface area contributed by atoms with Crippen molar-refractivity contribution in [2.75, 3.05) is 11.5 Å². The van der Waals surface area contributed by atoms with Crippen molar-refractivity contribution in [3.8, 4) is 16.3 Å². The third kappa shape index (κ3) is 8.21. The Hall–Kier alpha value is -4.09. The van der Waals surface area contributed by atoms with Crippen LogP contribution in [-0.4, -0.2) is 11.3 Å². The van der Waals surface area contributed by atoms with Crippen LogP contribution in [0.1, 0.15) is 78.3 Å². The zero-order valence-corrected chi connectivity index (χ0v) is 27.4. The number of nitrogen functional groups attached to an aromatic ring is 2. The predicted molar refractivity (Wildman–Crippen MR) is 193 cm³/mol. The Morgan fingerprint density at radius 2 is 1.44 bits per heavy atom. The Morgan fingerprint density at radius 1 is 0.854 bits per heavy atom. The summed E-state index contributed by atoms with van der Waals surface area (Å²) in [5, 5.41) is 0.983. The maximum Gasteiger partial charge on any atom is 0.0894 e. The minimum absolute atomic E-state index is 0.699. The molecule has 0 aliphatic rings. The maximum atomic E-state index is 6.73. The summed E-state index contributed by atoms with van der Waals surface area (Å²) in [5.74, 6) is 0. The number of anilines is 2. The van der Waals surface area contributed by atoms with Crippen LogP contribution in [-0.2, 0) is 0 Å². The van der Waals surface area contributed by atoms with Crippen molar-refractivity contribution in [2.45, 2.75) is 62.3 Å². The van der Waals surface area contributed by atoms with Crippen LogP contribution in [0.15, 0.2) is 84.9 Å². The summed E-state index contributed by atoms with van der Waals surface area (Å²) in [6.45, 7) is 29.4. The quantitative estimate of drug-likeness (QED) is 0.171. The molecule has 4 rings (SSSR count). The third-order valence-corrected chi connectivity index (χ3v) is 6.75. The molecule has 4 aromatic rings. The molecular weight excluding hydrogens is 520 g/mol. The average molecular weight is 571 g/mol. The van der Waals surface area contributed by atoms with Crippen LogP contribution in [0.4, 0.5) is 11.4 Å². The van der Waals surface area contributed by atoms with Crippen LogP contribution in [0.5, 0.6) is 0 Å². The molecule has 0 unspecified atom stereocenters. The zero-order chi connectivity index (χ0) is 31.5. The number of aromatic nitrogens is 1. The SMILES string of the molecule is C=C/C=C(\N=C)c1ccc(-n2c(-c3sc(C=C)c(/C=C\C)c3N)c(N)c3ccccc32)cc1.CC.CC.CC.CC. The fraction of sp³-hybridized carbons (Fsp3) is 0.250. The van der Waals surface area contributed by atoms with E-state index in [2.05, 4.69) is 47.6 Å². The van der Waals surface area contributed by atoms with Gasteiger partial charge in [-0.05, 0) is 37.9 Å². The Kier molecular flexibility index (Phi) is 17.9. The van der Waals surface area contributed by atoms with E-state index in [1.165, 1.54) is 0 Å². The van der Waals surface area contributed by atoms with E-state index in [0.717, 1.165) is 48.9 Å². The number of thiophene rings is 1. The van der Waals surface area contributed by atoms with Crippen molar-refractivity contribution in [3.63, 3.8) is 0 Å². The van der Waals surface area contributed by atoms with Gasteiger partial charge < -0.3 is 16.0 Å². The molecule has 2 aromatic heterocycles. The number of allylic oxidation sites excluding steroid dienone is 3. The number of nitrogens with zero attached hydrogens (tertiary/aromatic N) is 2. The molecule has 0 aliphatic heterocycles. The van der Waals surface area contributed by atoms with Crippen molar-refractivity contribution in [1.82, 2.24) is 4.57 Å². The van der Waals surface area contributed by atoms with Gasteiger partial charge in [0.15, 0.2) is 0 Å². The summed E-state index contributed by atoms with van der Waals surface area (Å²) in [7, 11) is 0. The van der Waals surface area contributed by atoms with E-state index >= 15 is 0 Å². The van der Waals surface area contributed by atoms with Crippen molar-refractivity contribution >= 4 is 58.2 Å². The summed E-state index contributed by atoms with van der Waals surface area (Å²) in [4.78, 5) is 6.05. The number of benzene rings is 2. The van der Waals surface area contributed by atoms with Gasteiger partial charge in [0, 0.05) is 27.1 Å². The second-order valence-corrected chi connectivity index (χ2v) is 8.49. The molecule has 0 fully saturated rings.